The van der Waals surface area contributed by atoms with Crippen LogP contribution < -0.4 is 5.32 Å². The van der Waals surface area contributed by atoms with Gasteiger partial charge in [0.1, 0.15) is 6.61 Å². The van der Waals surface area contributed by atoms with E-state index < -0.39 is 0 Å². The van der Waals surface area contributed by atoms with Crippen LogP contribution >= 0.6 is 11.3 Å². The lowest BCUT2D eigenvalue weighted by Gasteiger charge is -2.06. The summed E-state index contributed by atoms with van der Waals surface area (Å²) in [6.45, 7) is 5.74. The summed E-state index contributed by atoms with van der Waals surface area (Å²) in [6, 6.07) is 0. The molecule has 0 aliphatic rings. The first-order valence-corrected chi connectivity index (χ1v) is 5.29. The molecule has 0 saturated heterocycles. The number of nitrogens with zero attached hydrogens (tertiary/aromatic N) is 1. The van der Waals surface area contributed by atoms with E-state index in [4.69, 9.17) is 4.74 Å². The third-order valence-corrected chi connectivity index (χ3v) is 2.29. The molecule has 1 aromatic rings. The van der Waals surface area contributed by atoms with E-state index in [1.807, 2.05) is 26.2 Å². The summed E-state index contributed by atoms with van der Waals surface area (Å²) in [5, 5.41) is 5.17. The van der Waals surface area contributed by atoms with Gasteiger partial charge in [-0.2, -0.15) is 0 Å². The van der Waals surface area contributed by atoms with Crippen LogP contribution in [0, 0.1) is 6.92 Å². The van der Waals surface area contributed by atoms with Crippen molar-refractivity contribution < 1.29 is 9.53 Å². The molecule has 0 bridgehead atoms. The molecule has 1 aromatic heterocycles. The van der Waals surface area contributed by atoms with E-state index in [2.05, 4.69) is 10.3 Å². The van der Waals surface area contributed by atoms with Gasteiger partial charge < -0.3 is 4.74 Å². The Balaban J connectivity index is 2.34. The highest BCUT2D eigenvalue weighted by molar-refractivity contribution is 7.13. The van der Waals surface area contributed by atoms with E-state index in [0.29, 0.717) is 5.13 Å². The maximum Gasteiger partial charge on any atom is 0.252 e. The summed E-state index contributed by atoms with van der Waals surface area (Å²) < 4.78 is 5.15. The zero-order valence-electron chi connectivity index (χ0n) is 8.53. The number of carbonyl (C=O) groups excluding carboxylic acids is 1. The van der Waals surface area contributed by atoms with Gasteiger partial charge in [0.25, 0.3) is 5.91 Å². The Kier molecular flexibility index (Phi) is 4.03. The van der Waals surface area contributed by atoms with Crippen LogP contribution in [0.15, 0.2) is 5.38 Å². The number of amides is 1. The SMILES string of the molecule is Cc1csc(NC(=O)COC(C)C)n1. The molecule has 1 amide bonds. The van der Waals surface area contributed by atoms with Crippen LogP contribution in [0.3, 0.4) is 0 Å². The Morgan fingerprint density at radius 2 is 2.43 bits per heavy atom. The van der Waals surface area contributed by atoms with Crippen molar-refractivity contribution >= 4 is 22.4 Å². The Hall–Kier alpha value is -0.940. The number of rotatable bonds is 4. The number of anilines is 1. The molecule has 0 spiro atoms. The van der Waals surface area contributed by atoms with E-state index in [9.17, 15) is 4.79 Å². The third-order valence-electron chi connectivity index (χ3n) is 1.41. The summed E-state index contributed by atoms with van der Waals surface area (Å²) in [6.07, 6.45) is 0.0683. The molecule has 1 heterocycles. The largest absolute Gasteiger partial charge is 0.369 e. The van der Waals surface area contributed by atoms with Crippen molar-refractivity contribution in [2.75, 3.05) is 11.9 Å². The van der Waals surface area contributed by atoms with Crippen molar-refractivity contribution in [2.24, 2.45) is 0 Å². The second-order valence-electron chi connectivity index (χ2n) is 3.20. The predicted molar refractivity (Wildman–Crippen MR) is 56.6 cm³/mol. The highest BCUT2D eigenvalue weighted by atomic mass is 32.1. The molecule has 4 nitrogen and oxygen atoms in total. The first-order chi connectivity index (χ1) is 6.58. The maximum atomic E-state index is 11.3. The van der Waals surface area contributed by atoms with Gasteiger partial charge in [0.2, 0.25) is 0 Å². The second-order valence-corrected chi connectivity index (χ2v) is 4.06. The van der Waals surface area contributed by atoms with Crippen LogP contribution in [-0.2, 0) is 9.53 Å². The van der Waals surface area contributed by atoms with Crippen LogP contribution in [-0.4, -0.2) is 23.6 Å². The van der Waals surface area contributed by atoms with Gasteiger partial charge in [0, 0.05) is 5.38 Å². The lowest BCUT2D eigenvalue weighted by Crippen LogP contribution is -2.20. The molecule has 0 saturated carbocycles. The van der Waals surface area contributed by atoms with Crippen LogP contribution in [0.5, 0.6) is 0 Å². The minimum absolute atomic E-state index is 0.0683. The Morgan fingerprint density at radius 1 is 1.71 bits per heavy atom. The number of nitrogens with one attached hydrogen (secondary N) is 1. The molecule has 0 radical (unpaired) electrons. The number of hydrogen-bond acceptors (Lipinski definition) is 4. The summed E-state index contributed by atoms with van der Waals surface area (Å²) in [7, 11) is 0. The number of thiazole rings is 1. The van der Waals surface area contributed by atoms with Crippen molar-refractivity contribution in [1.29, 1.82) is 0 Å². The summed E-state index contributed by atoms with van der Waals surface area (Å²) >= 11 is 1.41. The van der Waals surface area contributed by atoms with E-state index in [-0.39, 0.29) is 18.6 Å². The average molecular weight is 214 g/mol. The van der Waals surface area contributed by atoms with Crippen molar-refractivity contribution in [3.8, 4) is 0 Å². The highest BCUT2D eigenvalue weighted by Gasteiger charge is 2.05. The van der Waals surface area contributed by atoms with Crippen molar-refractivity contribution in [1.82, 2.24) is 4.98 Å². The fourth-order valence-corrected chi connectivity index (χ4v) is 1.51. The van der Waals surface area contributed by atoms with Gasteiger partial charge >= 0.3 is 0 Å². The van der Waals surface area contributed by atoms with E-state index in [0.717, 1.165) is 5.69 Å². The zero-order chi connectivity index (χ0) is 10.6. The van der Waals surface area contributed by atoms with Crippen molar-refractivity contribution in [3.05, 3.63) is 11.1 Å². The third kappa shape index (κ3) is 3.85. The van der Waals surface area contributed by atoms with E-state index >= 15 is 0 Å². The van der Waals surface area contributed by atoms with Gasteiger partial charge in [0.05, 0.1) is 11.8 Å². The van der Waals surface area contributed by atoms with Crippen LogP contribution in [0.25, 0.3) is 0 Å². The van der Waals surface area contributed by atoms with Crippen LogP contribution in [0.1, 0.15) is 19.5 Å². The summed E-state index contributed by atoms with van der Waals surface area (Å²) in [5.41, 5.74) is 0.912. The van der Waals surface area contributed by atoms with Gasteiger partial charge in [-0.05, 0) is 20.8 Å². The molecular formula is C9H14N2O2S. The van der Waals surface area contributed by atoms with Crippen LogP contribution in [0.2, 0.25) is 0 Å². The second kappa shape index (κ2) is 5.07. The molecule has 14 heavy (non-hydrogen) atoms. The molecule has 1 N–H and O–H groups in total. The number of aryl methyl sites for hydroxylation is 1. The molecule has 78 valence electrons. The average Bonchev–Trinajstić information content (AvgIpc) is 2.48. The van der Waals surface area contributed by atoms with E-state index in [1.54, 1.807) is 0 Å². The molecule has 0 aromatic carbocycles. The van der Waals surface area contributed by atoms with Gasteiger partial charge in [-0.25, -0.2) is 4.98 Å². The fourth-order valence-electron chi connectivity index (χ4n) is 0.809. The smallest absolute Gasteiger partial charge is 0.252 e. The Morgan fingerprint density at radius 3 is 2.93 bits per heavy atom. The molecule has 0 aliphatic carbocycles. The van der Waals surface area contributed by atoms with Crippen LogP contribution in [0.4, 0.5) is 5.13 Å². The molecule has 0 aliphatic heterocycles. The molecule has 1 rings (SSSR count). The van der Waals surface area contributed by atoms with Gasteiger partial charge in [-0.3, -0.25) is 10.1 Å². The Labute approximate surface area is 87.3 Å². The molecule has 0 fully saturated rings. The monoisotopic (exact) mass is 214 g/mol. The van der Waals surface area contributed by atoms with Crippen molar-refractivity contribution in [2.45, 2.75) is 26.9 Å². The minimum atomic E-state index is -0.159. The lowest BCUT2D eigenvalue weighted by molar-refractivity contribution is -0.121. The molecule has 0 unspecified atom stereocenters. The number of carbonyl (C=O) groups is 1. The molecule has 5 heteroatoms. The van der Waals surface area contributed by atoms with E-state index in [1.165, 1.54) is 11.3 Å². The summed E-state index contributed by atoms with van der Waals surface area (Å²) in [4.78, 5) is 15.4. The summed E-state index contributed by atoms with van der Waals surface area (Å²) in [5.74, 6) is -0.159. The fraction of sp³-hybridized carbons (Fsp3) is 0.556. The van der Waals surface area contributed by atoms with Gasteiger partial charge in [-0.1, -0.05) is 0 Å². The van der Waals surface area contributed by atoms with Gasteiger partial charge in [0.15, 0.2) is 5.13 Å². The number of hydrogen-bond donors (Lipinski definition) is 1. The quantitative estimate of drug-likeness (QED) is 0.831. The molecular weight excluding hydrogens is 200 g/mol. The Bertz CT molecular complexity index is 310. The normalized spacial score (nSPS) is 10.6. The molecule has 0 atom stereocenters. The zero-order valence-corrected chi connectivity index (χ0v) is 9.35. The standard InChI is InChI=1S/C9H14N2O2S/c1-6(2)13-4-8(12)11-9-10-7(3)5-14-9/h5-6H,4H2,1-3H3,(H,10,11,12). The number of aromatic nitrogens is 1. The first kappa shape index (κ1) is 11.1. The highest BCUT2D eigenvalue weighted by Crippen LogP contribution is 2.13. The topological polar surface area (TPSA) is 51.2 Å². The number of ether oxygens (including phenoxy) is 1. The maximum absolute atomic E-state index is 11.3. The van der Waals surface area contributed by atoms with Crippen molar-refractivity contribution in [3.63, 3.8) is 0 Å². The first-order valence-electron chi connectivity index (χ1n) is 4.41. The minimum Gasteiger partial charge on any atom is -0.369 e. The van der Waals surface area contributed by atoms with Gasteiger partial charge in [-0.15, -0.1) is 11.3 Å². The lowest BCUT2D eigenvalue weighted by atomic mass is 10.5. The predicted octanol–water partition coefficient (Wildman–Crippen LogP) is 1.82.